The zero-order valence-corrected chi connectivity index (χ0v) is 16.7. The Balaban J connectivity index is 1.47. The van der Waals surface area contributed by atoms with E-state index in [1.165, 1.54) is 0 Å². The molecule has 2 saturated carbocycles. The maximum absolute atomic E-state index is 11.9. The van der Waals surface area contributed by atoms with Crippen LogP contribution in [0, 0.1) is 23.7 Å². The first-order chi connectivity index (χ1) is 12.6. The fraction of sp³-hybridized carbons (Fsp3) is 0.818. The van der Waals surface area contributed by atoms with E-state index in [1.54, 1.807) is 0 Å². The van der Waals surface area contributed by atoms with Crippen molar-refractivity contribution in [2.24, 2.45) is 33.7 Å². The molecule has 0 bridgehead atoms. The van der Waals surface area contributed by atoms with Gasteiger partial charge in [-0.1, -0.05) is 26.7 Å². The number of carbonyl (C=O) groups is 2. The molecule has 0 radical (unpaired) electrons. The highest BCUT2D eigenvalue weighted by Gasteiger charge is 2.25. The Kier molecular flexibility index (Phi) is 9.21. The molecule has 0 aliphatic heterocycles. The summed E-state index contributed by atoms with van der Waals surface area (Å²) in [5, 5.41) is 0. The van der Waals surface area contributed by atoms with Gasteiger partial charge in [-0.05, 0) is 50.4 Å². The van der Waals surface area contributed by atoms with Crippen LogP contribution >= 0.6 is 0 Å². The Labute approximate surface area is 159 Å². The zero-order chi connectivity index (χ0) is 18.8. The summed E-state index contributed by atoms with van der Waals surface area (Å²) in [7, 11) is 0. The van der Waals surface area contributed by atoms with Crippen LogP contribution in [0.15, 0.2) is 9.98 Å². The minimum Gasteiger partial charge on any atom is -0.299 e. The van der Waals surface area contributed by atoms with E-state index >= 15 is 0 Å². The summed E-state index contributed by atoms with van der Waals surface area (Å²) < 4.78 is 0. The summed E-state index contributed by atoms with van der Waals surface area (Å²) in [6, 6.07) is 0. The van der Waals surface area contributed by atoms with Crippen molar-refractivity contribution in [1.82, 2.24) is 0 Å². The lowest BCUT2D eigenvalue weighted by atomic mass is 9.82. The molecular weight excluding hydrogens is 324 g/mol. The van der Waals surface area contributed by atoms with Crippen molar-refractivity contribution in [2.75, 3.05) is 13.1 Å². The van der Waals surface area contributed by atoms with Gasteiger partial charge in [0.05, 0.1) is 11.8 Å². The Morgan fingerprint density at radius 2 is 1.15 bits per heavy atom. The van der Waals surface area contributed by atoms with Crippen LogP contribution in [0.2, 0.25) is 0 Å². The largest absolute Gasteiger partial charge is 0.299 e. The van der Waals surface area contributed by atoms with Crippen LogP contribution < -0.4 is 0 Å². The van der Waals surface area contributed by atoms with Crippen LogP contribution in [0.3, 0.4) is 0 Å². The molecule has 2 rings (SSSR count). The van der Waals surface area contributed by atoms with Crippen LogP contribution in [0.1, 0.15) is 78.1 Å². The number of hydrogen-bond donors (Lipinski definition) is 0. The summed E-state index contributed by atoms with van der Waals surface area (Å²) in [4.78, 5) is 32.7. The van der Waals surface area contributed by atoms with Gasteiger partial charge in [-0.15, -0.1) is 0 Å². The van der Waals surface area contributed by atoms with E-state index in [2.05, 4.69) is 23.8 Å². The molecule has 0 N–H and O–H groups in total. The lowest BCUT2D eigenvalue weighted by Gasteiger charge is -2.21. The Bertz CT molecular complexity index is 466. The van der Waals surface area contributed by atoms with Crippen molar-refractivity contribution in [3.8, 4) is 0 Å². The molecule has 0 heterocycles. The predicted molar refractivity (Wildman–Crippen MR) is 108 cm³/mol. The van der Waals surface area contributed by atoms with Gasteiger partial charge in [0.15, 0.2) is 0 Å². The molecule has 0 spiro atoms. The summed E-state index contributed by atoms with van der Waals surface area (Å²) in [5.74, 6) is 1.99. The van der Waals surface area contributed by atoms with Gasteiger partial charge in [0.25, 0.3) is 0 Å². The molecular formula is C22H36N2O2. The van der Waals surface area contributed by atoms with E-state index in [4.69, 9.17) is 0 Å². The summed E-state index contributed by atoms with van der Waals surface area (Å²) >= 11 is 0. The molecule has 4 heteroatoms. The molecule has 2 aliphatic carbocycles. The third-order valence-electron chi connectivity index (χ3n) is 5.76. The van der Waals surface area contributed by atoms with Crippen LogP contribution in [-0.2, 0) is 9.59 Å². The van der Waals surface area contributed by atoms with E-state index in [-0.39, 0.29) is 11.8 Å². The molecule has 0 saturated heterocycles. The average molecular weight is 361 g/mol. The lowest BCUT2D eigenvalue weighted by Crippen LogP contribution is -2.24. The van der Waals surface area contributed by atoms with E-state index in [0.29, 0.717) is 23.4 Å². The van der Waals surface area contributed by atoms with Gasteiger partial charge in [0.2, 0.25) is 0 Å². The maximum atomic E-state index is 11.9. The van der Waals surface area contributed by atoms with Gasteiger partial charge < -0.3 is 0 Å². The zero-order valence-electron chi connectivity index (χ0n) is 16.7. The van der Waals surface area contributed by atoms with Crippen molar-refractivity contribution < 1.29 is 9.59 Å². The summed E-state index contributed by atoms with van der Waals surface area (Å²) in [6.45, 7) is 5.97. The van der Waals surface area contributed by atoms with Crippen molar-refractivity contribution >= 4 is 24.0 Å². The van der Waals surface area contributed by atoms with Gasteiger partial charge in [-0.2, -0.15) is 0 Å². The number of ketones is 2. The summed E-state index contributed by atoms with van der Waals surface area (Å²) in [5.41, 5.74) is 0. The second-order valence-electron chi connectivity index (χ2n) is 8.44. The normalized spacial score (nSPS) is 30.5. The molecule has 2 fully saturated rings. The predicted octanol–water partition coefficient (Wildman–Crippen LogP) is 4.70. The van der Waals surface area contributed by atoms with E-state index in [9.17, 15) is 9.59 Å². The third kappa shape index (κ3) is 7.51. The molecule has 2 aliphatic rings. The Hall–Kier alpha value is -1.32. The highest BCUT2D eigenvalue weighted by atomic mass is 16.1. The second-order valence-corrected chi connectivity index (χ2v) is 8.44. The Morgan fingerprint density at radius 3 is 1.54 bits per heavy atom. The lowest BCUT2D eigenvalue weighted by molar-refractivity contribution is -0.124. The number of hydrogen-bond acceptors (Lipinski definition) is 4. The topological polar surface area (TPSA) is 58.9 Å². The number of unbranched alkanes of at least 4 members (excludes halogenated alkanes) is 3. The second kappa shape index (κ2) is 11.4. The van der Waals surface area contributed by atoms with Crippen molar-refractivity contribution in [1.29, 1.82) is 0 Å². The van der Waals surface area contributed by atoms with Crippen LogP contribution in [0.5, 0.6) is 0 Å². The number of rotatable bonds is 9. The molecule has 0 amide bonds. The highest BCUT2D eigenvalue weighted by molar-refractivity contribution is 5.96. The molecule has 1 unspecified atom stereocenters. The molecule has 4 nitrogen and oxygen atoms in total. The SMILES string of the molecule is C[C@H]1CCC(C=NCCCCCCN=C[C@H]2CC[C@H](C)CC2=O)C(=O)C1. The van der Waals surface area contributed by atoms with Crippen LogP contribution in [0.4, 0.5) is 0 Å². The molecule has 0 aromatic rings. The first kappa shape index (κ1) is 21.0. The minimum absolute atomic E-state index is 0.0750. The van der Waals surface area contributed by atoms with E-state index in [0.717, 1.165) is 77.3 Å². The van der Waals surface area contributed by atoms with Crippen molar-refractivity contribution in [2.45, 2.75) is 78.1 Å². The fourth-order valence-corrected chi connectivity index (χ4v) is 3.92. The van der Waals surface area contributed by atoms with Gasteiger partial charge in [0, 0.05) is 38.4 Å². The number of carbonyl (C=O) groups excluding carboxylic acids is 2. The first-order valence-electron chi connectivity index (χ1n) is 10.6. The summed E-state index contributed by atoms with van der Waals surface area (Å²) in [6.07, 6.45) is 14.0. The van der Waals surface area contributed by atoms with E-state index in [1.807, 2.05) is 12.4 Å². The minimum atomic E-state index is 0.0750. The van der Waals surface area contributed by atoms with Crippen LogP contribution in [0.25, 0.3) is 0 Å². The number of Topliss-reactive ketones (excluding diaryl/α,β-unsaturated/α-hetero) is 2. The van der Waals surface area contributed by atoms with Crippen molar-refractivity contribution in [3.63, 3.8) is 0 Å². The van der Waals surface area contributed by atoms with Gasteiger partial charge in [-0.3, -0.25) is 19.6 Å². The maximum Gasteiger partial charge on any atom is 0.141 e. The monoisotopic (exact) mass is 360 g/mol. The van der Waals surface area contributed by atoms with Gasteiger partial charge >= 0.3 is 0 Å². The first-order valence-corrected chi connectivity index (χ1v) is 10.6. The molecule has 4 atom stereocenters. The fourth-order valence-electron chi connectivity index (χ4n) is 3.92. The molecule has 146 valence electrons. The van der Waals surface area contributed by atoms with Crippen LogP contribution in [-0.4, -0.2) is 37.1 Å². The third-order valence-corrected chi connectivity index (χ3v) is 5.76. The molecule has 26 heavy (non-hydrogen) atoms. The molecule has 0 aromatic heterocycles. The van der Waals surface area contributed by atoms with Gasteiger partial charge in [0.1, 0.15) is 11.6 Å². The van der Waals surface area contributed by atoms with E-state index < -0.39 is 0 Å². The smallest absolute Gasteiger partial charge is 0.141 e. The van der Waals surface area contributed by atoms with Crippen molar-refractivity contribution in [3.05, 3.63) is 0 Å². The Morgan fingerprint density at radius 1 is 0.731 bits per heavy atom. The average Bonchev–Trinajstić information content (AvgIpc) is 2.59. The number of aliphatic imine (C=N–C) groups is 2. The highest BCUT2D eigenvalue weighted by Crippen LogP contribution is 2.25. The van der Waals surface area contributed by atoms with Gasteiger partial charge in [-0.25, -0.2) is 0 Å². The molecule has 0 aromatic carbocycles. The standard InChI is InChI=1S/C22H36N2O2/c1-17-7-9-19(21(25)13-17)15-23-11-5-3-4-6-12-24-16-20-10-8-18(2)14-22(20)26/h15-20H,3-14H2,1-2H3/t17-,18-,19+,20?/m0/s1. The number of nitrogens with zero attached hydrogens (tertiary/aromatic N) is 2. The quantitative estimate of drug-likeness (QED) is 0.442.